The molecular formula is C38H24N2S. The van der Waals surface area contributed by atoms with Crippen molar-refractivity contribution in [2.75, 3.05) is 0 Å². The maximum atomic E-state index is 2.44. The summed E-state index contributed by atoms with van der Waals surface area (Å²) in [5.74, 6) is 0. The molecule has 0 bridgehead atoms. The zero-order valence-electron chi connectivity index (χ0n) is 22.2. The van der Waals surface area contributed by atoms with Gasteiger partial charge in [-0.05, 0) is 36.4 Å². The van der Waals surface area contributed by atoms with Crippen LogP contribution in [0, 0.1) is 0 Å². The third-order valence-electron chi connectivity index (χ3n) is 8.32. The van der Waals surface area contributed by atoms with E-state index in [9.17, 15) is 0 Å². The fourth-order valence-corrected chi connectivity index (χ4v) is 7.98. The van der Waals surface area contributed by atoms with Gasteiger partial charge in [0.05, 0.1) is 26.8 Å². The molecule has 0 aliphatic carbocycles. The fraction of sp³-hybridized carbons (Fsp3) is 0. The van der Waals surface area contributed by atoms with E-state index in [1.54, 1.807) is 0 Å². The van der Waals surface area contributed by atoms with Crippen LogP contribution in [0.15, 0.2) is 146 Å². The van der Waals surface area contributed by atoms with Gasteiger partial charge in [-0.1, -0.05) is 109 Å². The Balaban J connectivity index is 1.43. The van der Waals surface area contributed by atoms with Crippen LogP contribution in [-0.2, 0) is 0 Å². The van der Waals surface area contributed by atoms with E-state index in [1.807, 2.05) is 11.3 Å². The Morgan fingerprint density at radius 3 is 1.56 bits per heavy atom. The van der Waals surface area contributed by atoms with Crippen LogP contribution in [0.4, 0.5) is 0 Å². The lowest BCUT2D eigenvalue weighted by atomic mass is 10.0. The van der Waals surface area contributed by atoms with E-state index in [0.29, 0.717) is 0 Å². The summed E-state index contributed by atoms with van der Waals surface area (Å²) >= 11 is 1.92. The van der Waals surface area contributed by atoms with E-state index in [1.165, 1.54) is 75.5 Å². The molecule has 0 fully saturated rings. The Morgan fingerprint density at radius 2 is 0.854 bits per heavy atom. The molecule has 3 heteroatoms. The smallest absolute Gasteiger partial charge is 0.0727 e. The molecule has 0 spiro atoms. The van der Waals surface area contributed by atoms with Gasteiger partial charge in [0.25, 0.3) is 0 Å². The summed E-state index contributed by atoms with van der Waals surface area (Å²) in [5, 5.41) is 5.15. The molecule has 0 N–H and O–H groups in total. The first-order valence-corrected chi connectivity index (χ1v) is 14.8. The fourth-order valence-electron chi connectivity index (χ4n) is 6.63. The molecule has 3 heterocycles. The third-order valence-corrected chi connectivity index (χ3v) is 9.58. The largest absolute Gasteiger partial charge is 0.309 e. The van der Waals surface area contributed by atoms with Gasteiger partial charge in [-0.15, -0.1) is 11.3 Å². The van der Waals surface area contributed by atoms with Crippen LogP contribution >= 0.6 is 11.3 Å². The van der Waals surface area contributed by atoms with Crippen molar-refractivity contribution in [1.82, 2.24) is 9.13 Å². The summed E-state index contributed by atoms with van der Waals surface area (Å²) in [6.45, 7) is 0. The Labute approximate surface area is 240 Å². The van der Waals surface area contributed by atoms with Crippen LogP contribution < -0.4 is 0 Å². The molecule has 0 radical (unpaired) electrons. The number of hydrogen-bond acceptors (Lipinski definition) is 1. The molecular weight excluding hydrogens is 516 g/mol. The third kappa shape index (κ3) is 3.18. The Morgan fingerprint density at radius 1 is 0.341 bits per heavy atom. The lowest BCUT2D eigenvalue weighted by Gasteiger charge is -2.12. The topological polar surface area (TPSA) is 9.86 Å². The van der Waals surface area contributed by atoms with Gasteiger partial charge >= 0.3 is 0 Å². The molecule has 9 rings (SSSR count). The Hall–Kier alpha value is -5.12. The molecule has 0 atom stereocenters. The molecule has 3 aromatic heterocycles. The van der Waals surface area contributed by atoms with Crippen LogP contribution in [0.25, 0.3) is 75.5 Å². The van der Waals surface area contributed by atoms with Gasteiger partial charge in [0.2, 0.25) is 0 Å². The highest BCUT2D eigenvalue weighted by molar-refractivity contribution is 7.27. The number of fused-ring (bicyclic) bond motifs is 8. The summed E-state index contributed by atoms with van der Waals surface area (Å²) in [6.07, 6.45) is 0. The molecule has 6 aromatic carbocycles. The van der Waals surface area contributed by atoms with E-state index in [0.717, 1.165) is 0 Å². The van der Waals surface area contributed by atoms with Crippen molar-refractivity contribution in [3.05, 3.63) is 146 Å². The second-order valence-electron chi connectivity index (χ2n) is 10.5. The van der Waals surface area contributed by atoms with Gasteiger partial charge in [0.1, 0.15) is 0 Å². The van der Waals surface area contributed by atoms with E-state index in [4.69, 9.17) is 0 Å². The van der Waals surface area contributed by atoms with Gasteiger partial charge in [0, 0.05) is 48.7 Å². The van der Waals surface area contributed by atoms with Gasteiger partial charge in [-0.2, -0.15) is 0 Å². The summed E-state index contributed by atoms with van der Waals surface area (Å²) < 4.78 is 7.54. The molecule has 0 unspecified atom stereocenters. The average molecular weight is 541 g/mol. The molecule has 0 amide bonds. The summed E-state index contributed by atoms with van der Waals surface area (Å²) in [4.78, 5) is 0. The standard InChI is InChI=1S/C38H24N2S/c1-3-13-25(14-4-1)39-33-23-9-7-17-27(33)28-19-11-20-29(35(28)39)30-21-12-22-32-36-38(41-37(30)32)31-18-8-10-24-34(31)40(36)26-15-5-2-6-16-26/h1-24H. The first-order chi connectivity index (χ1) is 20.4. The maximum Gasteiger partial charge on any atom is 0.0727 e. The van der Waals surface area contributed by atoms with E-state index < -0.39 is 0 Å². The molecule has 192 valence electrons. The van der Waals surface area contributed by atoms with Crippen LogP contribution in [0.3, 0.4) is 0 Å². The highest BCUT2D eigenvalue weighted by Gasteiger charge is 2.22. The van der Waals surface area contributed by atoms with Crippen LogP contribution in [-0.4, -0.2) is 9.13 Å². The minimum absolute atomic E-state index is 1.18. The van der Waals surface area contributed by atoms with Crippen molar-refractivity contribution in [2.24, 2.45) is 0 Å². The van der Waals surface area contributed by atoms with Crippen molar-refractivity contribution in [2.45, 2.75) is 0 Å². The minimum atomic E-state index is 1.18. The predicted molar refractivity (Wildman–Crippen MR) is 176 cm³/mol. The average Bonchev–Trinajstić information content (AvgIpc) is 3.69. The van der Waals surface area contributed by atoms with E-state index in [-0.39, 0.29) is 0 Å². The Bertz CT molecular complexity index is 2410. The zero-order chi connectivity index (χ0) is 26.9. The van der Waals surface area contributed by atoms with Crippen molar-refractivity contribution in [3.63, 3.8) is 0 Å². The number of rotatable bonds is 3. The van der Waals surface area contributed by atoms with Crippen LogP contribution in [0.5, 0.6) is 0 Å². The lowest BCUT2D eigenvalue weighted by Crippen LogP contribution is -1.95. The molecule has 0 aliphatic rings. The quantitative estimate of drug-likeness (QED) is 0.211. The minimum Gasteiger partial charge on any atom is -0.309 e. The monoisotopic (exact) mass is 540 g/mol. The number of thiophene rings is 1. The van der Waals surface area contributed by atoms with Crippen molar-refractivity contribution in [3.8, 4) is 22.5 Å². The normalized spacial score (nSPS) is 11.9. The SMILES string of the molecule is c1ccc(-n2c3ccccc3c3cccc(-c4cccc5c4sc4c6ccccc6n(-c6ccccc6)c54)c32)cc1. The van der Waals surface area contributed by atoms with Crippen LogP contribution in [0.2, 0.25) is 0 Å². The van der Waals surface area contributed by atoms with Gasteiger partial charge in [0.15, 0.2) is 0 Å². The second-order valence-corrected chi connectivity index (χ2v) is 11.6. The van der Waals surface area contributed by atoms with Gasteiger partial charge < -0.3 is 9.13 Å². The first kappa shape index (κ1) is 22.7. The van der Waals surface area contributed by atoms with Crippen molar-refractivity contribution in [1.29, 1.82) is 0 Å². The molecule has 0 aliphatic heterocycles. The lowest BCUT2D eigenvalue weighted by molar-refractivity contribution is 1.18. The maximum absolute atomic E-state index is 2.44. The predicted octanol–water partition coefficient (Wildman–Crippen LogP) is 10.8. The number of hydrogen-bond donors (Lipinski definition) is 0. The number of benzene rings is 6. The highest BCUT2D eigenvalue weighted by atomic mass is 32.1. The molecule has 41 heavy (non-hydrogen) atoms. The summed E-state index contributed by atoms with van der Waals surface area (Å²) in [5.41, 5.74) is 9.91. The van der Waals surface area contributed by atoms with Crippen molar-refractivity contribution < 1.29 is 0 Å². The zero-order valence-corrected chi connectivity index (χ0v) is 23.0. The molecule has 0 saturated carbocycles. The second kappa shape index (κ2) is 8.69. The molecule has 9 aromatic rings. The van der Waals surface area contributed by atoms with Gasteiger partial charge in [-0.25, -0.2) is 0 Å². The van der Waals surface area contributed by atoms with Crippen molar-refractivity contribution >= 4 is 64.3 Å². The van der Waals surface area contributed by atoms with E-state index >= 15 is 0 Å². The number of para-hydroxylation sites is 5. The Kier molecular flexibility index (Phi) is 4.80. The summed E-state index contributed by atoms with van der Waals surface area (Å²) in [7, 11) is 0. The first-order valence-electron chi connectivity index (χ1n) is 14.0. The summed E-state index contributed by atoms with van der Waals surface area (Å²) in [6, 6.07) is 52.7. The van der Waals surface area contributed by atoms with Gasteiger partial charge in [-0.3, -0.25) is 0 Å². The number of aromatic nitrogens is 2. The highest BCUT2D eigenvalue weighted by Crippen LogP contribution is 2.47. The number of nitrogens with zero attached hydrogens (tertiary/aromatic N) is 2. The molecule has 2 nitrogen and oxygen atoms in total. The van der Waals surface area contributed by atoms with E-state index in [2.05, 4.69) is 155 Å². The van der Waals surface area contributed by atoms with Crippen LogP contribution in [0.1, 0.15) is 0 Å². The molecule has 0 saturated heterocycles.